The van der Waals surface area contributed by atoms with E-state index in [-0.39, 0.29) is 6.42 Å². The van der Waals surface area contributed by atoms with Crippen molar-refractivity contribution in [2.45, 2.75) is 12.5 Å². The van der Waals surface area contributed by atoms with Gasteiger partial charge >= 0.3 is 0 Å². The third-order valence-electron chi connectivity index (χ3n) is 2.05. The van der Waals surface area contributed by atoms with Crippen LogP contribution in [0.4, 0.5) is 8.78 Å². The average molecular weight is 215 g/mol. The van der Waals surface area contributed by atoms with Crippen molar-refractivity contribution in [3.63, 3.8) is 0 Å². The summed E-state index contributed by atoms with van der Waals surface area (Å²) < 4.78 is 25.8. The number of hydrogen-bond donors (Lipinski definition) is 1. The summed E-state index contributed by atoms with van der Waals surface area (Å²) in [6, 6.07) is 3.39. The van der Waals surface area contributed by atoms with E-state index < -0.39 is 17.7 Å². The van der Waals surface area contributed by atoms with E-state index >= 15 is 0 Å². The molecular formula is C11H15F2NO. The molecule has 1 N–H and O–H groups in total. The van der Waals surface area contributed by atoms with Gasteiger partial charge in [-0.25, -0.2) is 8.78 Å². The van der Waals surface area contributed by atoms with Gasteiger partial charge in [-0.05, 0) is 25.7 Å². The fraction of sp³-hybridized carbons (Fsp3) is 0.455. The molecule has 0 spiro atoms. The molecule has 1 rings (SSSR count). The van der Waals surface area contributed by atoms with Crippen LogP contribution in [-0.2, 0) is 6.42 Å². The summed E-state index contributed by atoms with van der Waals surface area (Å²) in [5, 5.41) is 9.56. The molecule has 1 aromatic rings. The number of likely N-dealkylation sites (N-methyl/N-ethyl adjacent to an activating group) is 1. The lowest BCUT2D eigenvalue weighted by molar-refractivity contribution is 0.136. The highest BCUT2D eigenvalue weighted by molar-refractivity contribution is 5.19. The summed E-state index contributed by atoms with van der Waals surface area (Å²) in [5.74, 6) is -1.20. The standard InChI is InChI=1S/C11H15F2NO/c1-14(2)7-10(15)5-8-3-4-9(12)6-11(8)13/h3-4,6,10,15H,5,7H2,1-2H3. The number of aliphatic hydroxyl groups excluding tert-OH is 1. The van der Waals surface area contributed by atoms with Crippen molar-refractivity contribution in [1.29, 1.82) is 0 Å². The fourth-order valence-electron chi connectivity index (χ4n) is 1.43. The molecule has 4 heteroatoms. The Labute approximate surface area is 88.1 Å². The molecular weight excluding hydrogens is 200 g/mol. The summed E-state index contributed by atoms with van der Waals surface area (Å²) in [6.45, 7) is 0.455. The molecule has 0 heterocycles. The molecule has 15 heavy (non-hydrogen) atoms. The van der Waals surface area contributed by atoms with Crippen molar-refractivity contribution in [2.24, 2.45) is 0 Å². The molecule has 0 radical (unpaired) electrons. The van der Waals surface area contributed by atoms with E-state index in [2.05, 4.69) is 0 Å². The highest BCUT2D eigenvalue weighted by atomic mass is 19.1. The lowest BCUT2D eigenvalue weighted by atomic mass is 10.1. The van der Waals surface area contributed by atoms with Crippen LogP contribution in [0.1, 0.15) is 5.56 Å². The molecule has 0 fully saturated rings. The molecule has 0 aliphatic rings. The first-order chi connectivity index (χ1) is 6.99. The number of rotatable bonds is 4. The second-order valence-corrected chi connectivity index (χ2v) is 3.86. The van der Waals surface area contributed by atoms with Crippen molar-refractivity contribution in [3.8, 4) is 0 Å². The van der Waals surface area contributed by atoms with Crippen molar-refractivity contribution in [3.05, 3.63) is 35.4 Å². The van der Waals surface area contributed by atoms with E-state index in [9.17, 15) is 13.9 Å². The average Bonchev–Trinajstić information content (AvgIpc) is 2.08. The van der Waals surface area contributed by atoms with Gasteiger partial charge in [0.2, 0.25) is 0 Å². The molecule has 1 atom stereocenters. The van der Waals surface area contributed by atoms with Gasteiger partial charge < -0.3 is 10.0 Å². The Kier molecular flexibility index (Phi) is 4.17. The molecule has 0 aliphatic carbocycles. The van der Waals surface area contributed by atoms with Gasteiger partial charge in [0.1, 0.15) is 11.6 Å². The third-order valence-corrected chi connectivity index (χ3v) is 2.05. The van der Waals surface area contributed by atoms with Crippen LogP contribution in [0.25, 0.3) is 0 Å². The summed E-state index contributed by atoms with van der Waals surface area (Å²) >= 11 is 0. The Morgan fingerprint density at radius 2 is 2.00 bits per heavy atom. The second kappa shape index (κ2) is 5.19. The Bertz CT molecular complexity index is 328. The van der Waals surface area contributed by atoms with Crippen molar-refractivity contribution in [2.75, 3.05) is 20.6 Å². The molecule has 2 nitrogen and oxygen atoms in total. The van der Waals surface area contributed by atoms with Gasteiger partial charge in [-0.1, -0.05) is 6.07 Å². The maximum Gasteiger partial charge on any atom is 0.129 e. The summed E-state index contributed by atoms with van der Waals surface area (Å²) in [4.78, 5) is 1.81. The monoisotopic (exact) mass is 215 g/mol. The van der Waals surface area contributed by atoms with Gasteiger partial charge in [0.05, 0.1) is 6.10 Å². The van der Waals surface area contributed by atoms with Crippen LogP contribution in [0.3, 0.4) is 0 Å². The normalized spacial score (nSPS) is 13.2. The molecule has 0 aliphatic heterocycles. The third kappa shape index (κ3) is 3.93. The van der Waals surface area contributed by atoms with Crippen molar-refractivity contribution < 1.29 is 13.9 Å². The zero-order valence-electron chi connectivity index (χ0n) is 8.87. The van der Waals surface area contributed by atoms with Crippen molar-refractivity contribution in [1.82, 2.24) is 4.90 Å². The first-order valence-corrected chi connectivity index (χ1v) is 4.75. The lowest BCUT2D eigenvalue weighted by Gasteiger charge is -2.16. The molecule has 84 valence electrons. The van der Waals surface area contributed by atoms with Crippen LogP contribution in [-0.4, -0.2) is 36.8 Å². The van der Waals surface area contributed by atoms with Crippen LogP contribution < -0.4 is 0 Å². The molecule has 0 saturated carbocycles. The van der Waals surface area contributed by atoms with Crippen LogP contribution in [0.15, 0.2) is 18.2 Å². The highest BCUT2D eigenvalue weighted by Gasteiger charge is 2.10. The maximum absolute atomic E-state index is 13.2. The van der Waals surface area contributed by atoms with E-state index in [1.54, 1.807) is 0 Å². The Hall–Kier alpha value is -1.00. The minimum absolute atomic E-state index is 0.199. The molecule has 0 amide bonds. The maximum atomic E-state index is 13.2. The van der Waals surface area contributed by atoms with E-state index in [0.717, 1.165) is 6.07 Å². The summed E-state index contributed by atoms with van der Waals surface area (Å²) in [7, 11) is 3.65. The zero-order valence-corrected chi connectivity index (χ0v) is 8.87. The SMILES string of the molecule is CN(C)CC(O)Cc1ccc(F)cc1F. The zero-order chi connectivity index (χ0) is 11.4. The molecule has 1 unspecified atom stereocenters. The fourth-order valence-corrected chi connectivity index (χ4v) is 1.43. The van der Waals surface area contributed by atoms with E-state index in [1.165, 1.54) is 12.1 Å². The Morgan fingerprint density at radius 3 is 2.53 bits per heavy atom. The number of benzene rings is 1. The Morgan fingerprint density at radius 1 is 1.33 bits per heavy atom. The quantitative estimate of drug-likeness (QED) is 0.821. The van der Waals surface area contributed by atoms with E-state index in [1.807, 2.05) is 19.0 Å². The van der Waals surface area contributed by atoms with Gasteiger partial charge in [0, 0.05) is 19.0 Å². The summed E-state index contributed by atoms with van der Waals surface area (Å²) in [6.07, 6.45) is -0.440. The smallest absolute Gasteiger partial charge is 0.129 e. The number of nitrogens with zero attached hydrogens (tertiary/aromatic N) is 1. The Balaban J connectivity index is 2.64. The van der Waals surface area contributed by atoms with Gasteiger partial charge in [-0.3, -0.25) is 0 Å². The van der Waals surface area contributed by atoms with Gasteiger partial charge in [-0.15, -0.1) is 0 Å². The van der Waals surface area contributed by atoms with Gasteiger partial charge in [-0.2, -0.15) is 0 Å². The van der Waals surface area contributed by atoms with Crippen molar-refractivity contribution >= 4 is 0 Å². The minimum atomic E-state index is -0.639. The van der Waals surface area contributed by atoms with Gasteiger partial charge in [0.25, 0.3) is 0 Å². The van der Waals surface area contributed by atoms with Crippen LogP contribution in [0, 0.1) is 11.6 Å². The first kappa shape index (κ1) is 12.1. The first-order valence-electron chi connectivity index (χ1n) is 4.75. The van der Waals surface area contributed by atoms with Crippen LogP contribution >= 0.6 is 0 Å². The summed E-state index contributed by atoms with van der Waals surface area (Å²) in [5.41, 5.74) is 0.339. The van der Waals surface area contributed by atoms with E-state index in [4.69, 9.17) is 0 Å². The molecule has 0 bridgehead atoms. The van der Waals surface area contributed by atoms with Crippen LogP contribution in [0.2, 0.25) is 0 Å². The van der Waals surface area contributed by atoms with E-state index in [0.29, 0.717) is 12.1 Å². The minimum Gasteiger partial charge on any atom is -0.391 e. The number of aliphatic hydroxyl groups is 1. The number of hydrogen-bond acceptors (Lipinski definition) is 2. The molecule has 0 aromatic heterocycles. The molecule has 0 saturated heterocycles. The molecule has 1 aromatic carbocycles. The largest absolute Gasteiger partial charge is 0.391 e. The van der Waals surface area contributed by atoms with Crippen LogP contribution in [0.5, 0.6) is 0 Å². The van der Waals surface area contributed by atoms with Gasteiger partial charge in [0.15, 0.2) is 0 Å². The topological polar surface area (TPSA) is 23.5 Å². The second-order valence-electron chi connectivity index (χ2n) is 3.86. The highest BCUT2D eigenvalue weighted by Crippen LogP contribution is 2.11. The predicted molar refractivity (Wildman–Crippen MR) is 54.6 cm³/mol. The number of halogens is 2. The predicted octanol–water partition coefficient (Wildman–Crippen LogP) is 1.43. The lowest BCUT2D eigenvalue weighted by Crippen LogP contribution is -2.27.